The van der Waals surface area contributed by atoms with Gasteiger partial charge in [-0.25, -0.2) is 9.18 Å². The minimum absolute atomic E-state index is 0.160. The largest absolute Gasteiger partial charge is 0.442 e. The fraction of sp³-hybridized carbons (Fsp3) is 0.222. The molecule has 0 atom stereocenters. The van der Waals surface area contributed by atoms with E-state index in [4.69, 9.17) is 4.74 Å². The van der Waals surface area contributed by atoms with E-state index < -0.39 is 22.4 Å². The van der Waals surface area contributed by atoms with Crippen LogP contribution in [0.25, 0.3) is 22.2 Å². The smallest absolute Gasteiger partial charge is 0.435 e. The van der Waals surface area contributed by atoms with Gasteiger partial charge in [-0.2, -0.15) is 9.78 Å². The molecule has 2 aromatic carbocycles. The Bertz CT molecular complexity index is 1020. The van der Waals surface area contributed by atoms with E-state index in [0.717, 1.165) is 10.7 Å². The van der Waals surface area contributed by atoms with Crippen LogP contribution in [0.5, 0.6) is 0 Å². The number of hydrogen-bond acceptors (Lipinski definition) is 5. The zero-order valence-electron chi connectivity index (χ0n) is 14.4. The van der Waals surface area contributed by atoms with Crippen molar-refractivity contribution in [3.8, 4) is 11.3 Å². The van der Waals surface area contributed by atoms with Gasteiger partial charge in [-0.05, 0) is 39.0 Å². The van der Waals surface area contributed by atoms with Crippen molar-refractivity contribution >= 4 is 22.7 Å². The Morgan fingerprint density at radius 3 is 2.58 bits per heavy atom. The molecule has 0 aliphatic heterocycles. The van der Waals surface area contributed by atoms with Crippen LogP contribution in [0.4, 0.5) is 14.9 Å². The van der Waals surface area contributed by atoms with Crippen molar-refractivity contribution in [2.75, 3.05) is 0 Å². The van der Waals surface area contributed by atoms with Gasteiger partial charge in [0.2, 0.25) is 0 Å². The summed E-state index contributed by atoms with van der Waals surface area (Å²) in [6.45, 7) is 5.08. The van der Waals surface area contributed by atoms with Gasteiger partial charge in [-0.3, -0.25) is 10.1 Å². The van der Waals surface area contributed by atoms with Gasteiger partial charge in [0.1, 0.15) is 17.1 Å². The van der Waals surface area contributed by atoms with Crippen molar-refractivity contribution in [3.63, 3.8) is 0 Å². The maximum Gasteiger partial charge on any atom is 0.435 e. The number of rotatable bonds is 2. The van der Waals surface area contributed by atoms with Crippen LogP contribution in [0.15, 0.2) is 42.5 Å². The predicted molar refractivity (Wildman–Crippen MR) is 93.4 cm³/mol. The molecule has 0 N–H and O–H groups in total. The summed E-state index contributed by atoms with van der Waals surface area (Å²) >= 11 is 0. The maximum atomic E-state index is 13.7. The summed E-state index contributed by atoms with van der Waals surface area (Å²) in [6.07, 6.45) is -0.794. The summed E-state index contributed by atoms with van der Waals surface area (Å²) in [5.41, 5.74) is -0.323. The first kappa shape index (κ1) is 17.5. The van der Waals surface area contributed by atoms with E-state index in [1.165, 1.54) is 30.3 Å². The van der Waals surface area contributed by atoms with E-state index in [2.05, 4.69) is 5.10 Å². The predicted octanol–water partition coefficient (Wildman–Crippen LogP) is 4.53. The number of hydrogen-bond donors (Lipinski definition) is 0. The van der Waals surface area contributed by atoms with Crippen molar-refractivity contribution in [1.29, 1.82) is 0 Å². The zero-order chi connectivity index (χ0) is 19.1. The molecule has 26 heavy (non-hydrogen) atoms. The van der Waals surface area contributed by atoms with E-state index in [9.17, 15) is 19.3 Å². The standard InChI is InChI=1S/C18H16FN3O4/c1-18(2,3)26-17(23)21-15-10-11(19)8-9-13(15)16(20-21)12-6-4-5-7-14(12)22(24)25/h4-10H,1-3H3. The van der Waals surface area contributed by atoms with Crippen molar-refractivity contribution in [3.05, 3.63) is 58.4 Å². The van der Waals surface area contributed by atoms with Crippen molar-refractivity contribution in [2.45, 2.75) is 26.4 Å². The summed E-state index contributed by atoms with van der Waals surface area (Å²) in [5.74, 6) is -0.559. The summed E-state index contributed by atoms with van der Waals surface area (Å²) in [6, 6.07) is 9.83. The molecule has 0 bridgehead atoms. The lowest BCUT2D eigenvalue weighted by atomic mass is 10.1. The highest BCUT2D eigenvalue weighted by molar-refractivity contribution is 5.99. The van der Waals surface area contributed by atoms with E-state index >= 15 is 0 Å². The third-order valence-electron chi connectivity index (χ3n) is 3.57. The monoisotopic (exact) mass is 357 g/mol. The molecule has 1 aromatic heterocycles. The van der Waals surface area contributed by atoms with Gasteiger partial charge in [0.25, 0.3) is 5.69 Å². The molecular formula is C18H16FN3O4. The Balaban J connectivity index is 2.26. The zero-order valence-corrected chi connectivity index (χ0v) is 14.4. The van der Waals surface area contributed by atoms with Crippen LogP contribution in [-0.4, -0.2) is 26.4 Å². The molecule has 134 valence electrons. The molecule has 8 heteroatoms. The van der Waals surface area contributed by atoms with Gasteiger partial charge < -0.3 is 4.74 Å². The molecule has 0 radical (unpaired) electrons. The average Bonchev–Trinajstić information content (AvgIpc) is 2.91. The average molecular weight is 357 g/mol. The van der Waals surface area contributed by atoms with Gasteiger partial charge in [-0.1, -0.05) is 12.1 Å². The number of aromatic nitrogens is 2. The van der Waals surface area contributed by atoms with Crippen molar-refractivity contribution in [1.82, 2.24) is 9.78 Å². The number of nitro benzene ring substituents is 1. The second kappa shape index (κ2) is 6.21. The molecule has 0 aliphatic rings. The van der Waals surface area contributed by atoms with E-state index in [1.54, 1.807) is 26.8 Å². The SMILES string of the molecule is CC(C)(C)OC(=O)n1nc(-c2ccccc2[N+](=O)[O-])c2ccc(F)cc21. The second-order valence-corrected chi connectivity index (χ2v) is 6.68. The lowest BCUT2D eigenvalue weighted by Crippen LogP contribution is -2.27. The Morgan fingerprint density at radius 1 is 1.23 bits per heavy atom. The fourth-order valence-electron chi connectivity index (χ4n) is 2.56. The van der Waals surface area contributed by atoms with Gasteiger partial charge in [0.15, 0.2) is 0 Å². The first-order chi connectivity index (χ1) is 12.2. The number of nitrogens with zero attached hydrogens (tertiary/aromatic N) is 3. The number of benzene rings is 2. The van der Waals surface area contributed by atoms with Crippen LogP contribution in [0.3, 0.4) is 0 Å². The molecule has 0 unspecified atom stereocenters. The quantitative estimate of drug-likeness (QED) is 0.496. The molecule has 0 saturated carbocycles. The summed E-state index contributed by atoms with van der Waals surface area (Å²) in [7, 11) is 0. The first-order valence-electron chi connectivity index (χ1n) is 7.83. The maximum absolute atomic E-state index is 13.7. The second-order valence-electron chi connectivity index (χ2n) is 6.68. The molecule has 7 nitrogen and oxygen atoms in total. The minimum atomic E-state index is -0.794. The van der Waals surface area contributed by atoms with Crippen LogP contribution in [-0.2, 0) is 4.74 Å². The highest BCUT2D eigenvalue weighted by Gasteiger charge is 2.25. The highest BCUT2D eigenvalue weighted by atomic mass is 19.1. The lowest BCUT2D eigenvalue weighted by molar-refractivity contribution is -0.384. The van der Waals surface area contributed by atoms with Crippen LogP contribution in [0, 0.1) is 15.9 Å². The Kier molecular flexibility index (Phi) is 4.19. The fourth-order valence-corrected chi connectivity index (χ4v) is 2.56. The molecule has 0 aliphatic carbocycles. The van der Waals surface area contributed by atoms with E-state index in [0.29, 0.717) is 5.39 Å². The van der Waals surface area contributed by atoms with Crippen LogP contribution in [0.2, 0.25) is 0 Å². The van der Waals surface area contributed by atoms with Gasteiger partial charge in [0.05, 0.1) is 16.0 Å². The van der Waals surface area contributed by atoms with Gasteiger partial charge >= 0.3 is 6.09 Å². The molecule has 0 amide bonds. The van der Waals surface area contributed by atoms with Crippen LogP contribution < -0.4 is 0 Å². The molecule has 3 rings (SSSR count). The number of ether oxygens (including phenoxy) is 1. The Labute approximate surface area is 148 Å². The number of nitro groups is 1. The molecule has 1 heterocycles. The topological polar surface area (TPSA) is 87.3 Å². The normalized spacial score (nSPS) is 11.5. The molecule has 0 saturated heterocycles. The first-order valence-corrected chi connectivity index (χ1v) is 7.83. The third kappa shape index (κ3) is 3.26. The van der Waals surface area contributed by atoms with Crippen LogP contribution in [0.1, 0.15) is 20.8 Å². The van der Waals surface area contributed by atoms with Crippen molar-refractivity contribution in [2.24, 2.45) is 0 Å². The molecular weight excluding hydrogens is 341 g/mol. The lowest BCUT2D eigenvalue weighted by Gasteiger charge is -2.19. The van der Waals surface area contributed by atoms with Crippen LogP contribution >= 0.6 is 0 Å². The summed E-state index contributed by atoms with van der Waals surface area (Å²) in [5, 5.41) is 15.9. The van der Waals surface area contributed by atoms with Gasteiger partial charge in [-0.15, -0.1) is 0 Å². The number of carbonyl (C=O) groups is 1. The Morgan fingerprint density at radius 2 is 1.92 bits per heavy atom. The molecule has 0 fully saturated rings. The molecule has 0 spiro atoms. The molecule has 3 aromatic rings. The minimum Gasteiger partial charge on any atom is -0.442 e. The highest BCUT2D eigenvalue weighted by Crippen LogP contribution is 2.34. The van der Waals surface area contributed by atoms with E-state index in [1.807, 2.05) is 0 Å². The number of halogens is 1. The number of carbonyl (C=O) groups excluding carboxylic acids is 1. The third-order valence-corrected chi connectivity index (χ3v) is 3.57. The van der Waals surface area contributed by atoms with E-state index in [-0.39, 0.29) is 22.5 Å². The number of para-hydroxylation sites is 1. The number of fused-ring (bicyclic) bond motifs is 1. The summed E-state index contributed by atoms with van der Waals surface area (Å²) < 4.78 is 20.0. The van der Waals surface area contributed by atoms with Crippen molar-refractivity contribution < 1.29 is 18.8 Å². The Hall–Kier alpha value is -3.29. The summed E-state index contributed by atoms with van der Waals surface area (Å²) in [4.78, 5) is 23.3. The van der Waals surface area contributed by atoms with Gasteiger partial charge in [0, 0.05) is 17.5 Å².